The van der Waals surface area contributed by atoms with E-state index >= 15 is 0 Å². The van der Waals surface area contributed by atoms with Crippen molar-refractivity contribution in [2.45, 2.75) is 26.2 Å². The zero-order chi connectivity index (χ0) is 12.3. The Morgan fingerprint density at radius 2 is 2.00 bits per heavy atom. The number of benzene rings is 1. The molecule has 16 heavy (non-hydrogen) atoms. The molecule has 0 fully saturated rings. The van der Waals surface area contributed by atoms with E-state index < -0.39 is 5.91 Å². The summed E-state index contributed by atoms with van der Waals surface area (Å²) in [6.07, 6.45) is 2.76. The van der Waals surface area contributed by atoms with Crippen LogP contribution in [0.25, 0.3) is 6.08 Å². The number of phenolic OH excluding ortho intramolecular Hbond substituents is 1. The van der Waals surface area contributed by atoms with Crippen molar-refractivity contribution in [1.82, 2.24) is 0 Å². The van der Waals surface area contributed by atoms with Gasteiger partial charge in [-0.2, -0.15) is 0 Å². The predicted octanol–water partition coefficient (Wildman–Crippen LogP) is 2.19. The fourth-order valence-corrected chi connectivity index (χ4v) is 1.47. The van der Waals surface area contributed by atoms with E-state index in [1.165, 1.54) is 12.2 Å². The molecule has 0 saturated carbocycles. The fraction of sp³-hybridized carbons (Fsp3) is 0.308. The van der Waals surface area contributed by atoms with Crippen LogP contribution in [0.2, 0.25) is 0 Å². The number of nitrogens with two attached hydrogens (primary N) is 1. The van der Waals surface area contributed by atoms with Gasteiger partial charge in [-0.25, -0.2) is 0 Å². The van der Waals surface area contributed by atoms with E-state index in [2.05, 4.69) is 0 Å². The third-order valence-corrected chi connectivity index (χ3v) is 2.30. The van der Waals surface area contributed by atoms with Crippen LogP contribution in [-0.2, 0) is 10.2 Å². The third-order valence-electron chi connectivity index (χ3n) is 2.30. The van der Waals surface area contributed by atoms with Crippen molar-refractivity contribution in [1.29, 1.82) is 0 Å². The minimum absolute atomic E-state index is 0.138. The minimum Gasteiger partial charge on any atom is -0.507 e. The second kappa shape index (κ2) is 4.39. The molecule has 0 aliphatic carbocycles. The monoisotopic (exact) mass is 219 g/mol. The Labute approximate surface area is 95.6 Å². The van der Waals surface area contributed by atoms with Crippen molar-refractivity contribution in [3.8, 4) is 5.75 Å². The highest BCUT2D eigenvalue weighted by atomic mass is 16.3. The van der Waals surface area contributed by atoms with Crippen LogP contribution in [-0.4, -0.2) is 11.0 Å². The Kier molecular flexibility index (Phi) is 3.38. The number of hydrogen-bond acceptors (Lipinski definition) is 2. The molecule has 1 rings (SSSR count). The molecule has 3 heteroatoms. The van der Waals surface area contributed by atoms with Gasteiger partial charge in [0.05, 0.1) is 0 Å². The molecular weight excluding hydrogens is 202 g/mol. The van der Waals surface area contributed by atoms with Gasteiger partial charge in [-0.1, -0.05) is 39.0 Å². The van der Waals surface area contributed by atoms with E-state index in [0.29, 0.717) is 5.56 Å². The molecular formula is C13H17NO2. The Hall–Kier alpha value is -1.77. The summed E-state index contributed by atoms with van der Waals surface area (Å²) in [7, 11) is 0. The summed E-state index contributed by atoms with van der Waals surface area (Å²) in [4.78, 5) is 10.6. The molecule has 86 valence electrons. The third kappa shape index (κ3) is 2.86. The number of aromatic hydroxyl groups is 1. The van der Waals surface area contributed by atoms with Gasteiger partial charge in [0.1, 0.15) is 5.75 Å². The number of para-hydroxylation sites is 1. The minimum atomic E-state index is -0.527. The van der Waals surface area contributed by atoms with E-state index in [1.54, 1.807) is 6.07 Å². The average Bonchev–Trinajstić information content (AvgIpc) is 2.14. The highest BCUT2D eigenvalue weighted by molar-refractivity contribution is 5.90. The number of carbonyl (C=O) groups excluding carboxylic acids is 1. The predicted molar refractivity (Wildman–Crippen MR) is 65.0 cm³/mol. The summed E-state index contributed by atoms with van der Waals surface area (Å²) in [5, 5.41) is 10.0. The van der Waals surface area contributed by atoms with Crippen molar-refractivity contribution < 1.29 is 9.90 Å². The fourth-order valence-electron chi connectivity index (χ4n) is 1.47. The Bertz CT molecular complexity index is 428. The van der Waals surface area contributed by atoms with Gasteiger partial charge in [0, 0.05) is 11.6 Å². The maximum absolute atomic E-state index is 10.6. The molecule has 0 aliphatic heterocycles. The molecule has 0 bridgehead atoms. The number of amides is 1. The molecule has 1 amide bonds. The van der Waals surface area contributed by atoms with Crippen LogP contribution >= 0.6 is 0 Å². The number of phenols is 1. The van der Waals surface area contributed by atoms with Crippen molar-refractivity contribution >= 4 is 12.0 Å². The molecule has 0 aliphatic rings. The van der Waals surface area contributed by atoms with Crippen LogP contribution in [0.5, 0.6) is 5.75 Å². The molecule has 1 aromatic rings. The van der Waals surface area contributed by atoms with Crippen LogP contribution < -0.4 is 5.73 Å². The number of carbonyl (C=O) groups is 1. The van der Waals surface area contributed by atoms with Gasteiger partial charge in [-0.3, -0.25) is 4.79 Å². The molecule has 0 unspecified atom stereocenters. The van der Waals surface area contributed by atoms with E-state index in [9.17, 15) is 9.90 Å². The van der Waals surface area contributed by atoms with Crippen molar-refractivity contribution in [3.63, 3.8) is 0 Å². The molecule has 3 nitrogen and oxygen atoms in total. The van der Waals surface area contributed by atoms with Gasteiger partial charge < -0.3 is 10.8 Å². The maximum atomic E-state index is 10.6. The summed E-state index contributed by atoms with van der Waals surface area (Å²) in [5.74, 6) is -0.326. The second-order valence-electron chi connectivity index (χ2n) is 4.73. The lowest BCUT2D eigenvalue weighted by Crippen LogP contribution is -2.11. The van der Waals surface area contributed by atoms with Crippen LogP contribution in [0.4, 0.5) is 0 Å². The lowest BCUT2D eigenvalue weighted by molar-refractivity contribution is -0.113. The molecule has 0 aromatic heterocycles. The maximum Gasteiger partial charge on any atom is 0.241 e. The first-order chi connectivity index (χ1) is 7.32. The molecule has 0 spiro atoms. The summed E-state index contributed by atoms with van der Waals surface area (Å²) in [6.45, 7) is 6.05. The largest absolute Gasteiger partial charge is 0.507 e. The van der Waals surface area contributed by atoms with E-state index in [4.69, 9.17) is 5.73 Å². The summed E-state index contributed by atoms with van der Waals surface area (Å²) in [6, 6.07) is 5.46. The molecule has 0 heterocycles. The van der Waals surface area contributed by atoms with Gasteiger partial charge >= 0.3 is 0 Å². The highest BCUT2D eigenvalue weighted by Gasteiger charge is 2.18. The molecule has 0 atom stereocenters. The smallest absolute Gasteiger partial charge is 0.241 e. The molecule has 1 aromatic carbocycles. The van der Waals surface area contributed by atoms with Gasteiger partial charge in [0.15, 0.2) is 0 Å². The first kappa shape index (κ1) is 12.3. The van der Waals surface area contributed by atoms with Crippen LogP contribution in [0.15, 0.2) is 24.3 Å². The zero-order valence-corrected chi connectivity index (χ0v) is 9.82. The summed E-state index contributed by atoms with van der Waals surface area (Å²) in [5.41, 5.74) is 6.32. The number of rotatable bonds is 2. The van der Waals surface area contributed by atoms with E-state index in [0.717, 1.165) is 5.56 Å². The topological polar surface area (TPSA) is 63.3 Å². The van der Waals surface area contributed by atoms with E-state index in [1.807, 2.05) is 32.9 Å². The van der Waals surface area contributed by atoms with Crippen molar-refractivity contribution in [3.05, 3.63) is 35.4 Å². The highest BCUT2D eigenvalue weighted by Crippen LogP contribution is 2.33. The van der Waals surface area contributed by atoms with Crippen LogP contribution in [0.1, 0.15) is 31.9 Å². The van der Waals surface area contributed by atoms with Crippen LogP contribution in [0.3, 0.4) is 0 Å². The summed E-state index contributed by atoms with van der Waals surface area (Å²) >= 11 is 0. The lowest BCUT2D eigenvalue weighted by atomic mass is 9.85. The molecule has 0 saturated heterocycles. The van der Waals surface area contributed by atoms with Crippen molar-refractivity contribution in [2.24, 2.45) is 5.73 Å². The normalized spacial score (nSPS) is 11.9. The van der Waals surface area contributed by atoms with Gasteiger partial charge in [0.25, 0.3) is 0 Å². The Morgan fingerprint density at radius 1 is 1.38 bits per heavy atom. The van der Waals surface area contributed by atoms with Crippen molar-refractivity contribution in [2.75, 3.05) is 0 Å². The first-order valence-corrected chi connectivity index (χ1v) is 5.12. The van der Waals surface area contributed by atoms with Gasteiger partial charge in [-0.05, 0) is 17.1 Å². The number of primary amides is 1. The average molecular weight is 219 g/mol. The zero-order valence-electron chi connectivity index (χ0n) is 9.82. The second-order valence-corrected chi connectivity index (χ2v) is 4.73. The number of hydrogen-bond donors (Lipinski definition) is 2. The first-order valence-electron chi connectivity index (χ1n) is 5.12. The SMILES string of the molecule is CC(C)(C)c1cccc(/C=C\C(N)=O)c1O. The van der Waals surface area contributed by atoms with E-state index in [-0.39, 0.29) is 11.2 Å². The quantitative estimate of drug-likeness (QED) is 0.749. The van der Waals surface area contributed by atoms with Gasteiger partial charge in [0.2, 0.25) is 5.91 Å². The Morgan fingerprint density at radius 3 is 2.50 bits per heavy atom. The van der Waals surface area contributed by atoms with Crippen LogP contribution in [0, 0.1) is 0 Å². The lowest BCUT2D eigenvalue weighted by Gasteiger charge is -2.21. The molecule has 3 N–H and O–H groups in total. The summed E-state index contributed by atoms with van der Waals surface area (Å²) < 4.78 is 0. The standard InChI is InChI=1S/C13H17NO2/c1-13(2,3)10-6-4-5-9(12(10)16)7-8-11(14)15/h4-8,16H,1-3H3,(H2,14,15)/b8-7-. The van der Waals surface area contributed by atoms with Gasteiger partial charge in [-0.15, -0.1) is 0 Å². The molecule has 0 radical (unpaired) electrons. The Balaban J connectivity index is 3.19.